The number of ether oxygens (including phenoxy) is 1. The summed E-state index contributed by atoms with van der Waals surface area (Å²) in [6, 6.07) is 0. The van der Waals surface area contributed by atoms with E-state index in [1.807, 2.05) is 9.80 Å². The van der Waals surface area contributed by atoms with Gasteiger partial charge in [-0.25, -0.2) is 4.79 Å². The molecule has 172 valence electrons. The average molecular weight is 437 g/mol. The van der Waals surface area contributed by atoms with Crippen molar-refractivity contribution in [2.24, 2.45) is 5.41 Å². The minimum Gasteiger partial charge on any atom is -0.475 e. The van der Waals surface area contributed by atoms with Crippen LogP contribution in [0.3, 0.4) is 0 Å². The molecule has 0 aromatic carbocycles. The molecule has 1 atom stereocenters. The summed E-state index contributed by atoms with van der Waals surface area (Å²) >= 11 is 0. The molecule has 1 unspecified atom stereocenters. The molecular weight excluding hydrogens is 407 g/mol. The fourth-order valence-corrected chi connectivity index (χ4v) is 4.31. The first-order valence-corrected chi connectivity index (χ1v) is 10.2. The van der Waals surface area contributed by atoms with Crippen LogP contribution in [0.25, 0.3) is 0 Å². The van der Waals surface area contributed by atoms with E-state index in [4.69, 9.17) is 14.6 Å². The van der Waals surface area contributed by atoms with Crippen LogP contribution >= 0.6 is 0 Å². The Hall–Kier alpha value is -1.88. The number of methoxy groups -OCH3 is 1. The van der Waals surface area contributed by atoms with Gasteiger partial charge in [0.2, 0.25) is 11.8 Å². The van der Waals surface area contributed by atoms with Crippen molar-refractivity contribution in [2.75, 3.05) is 59.5 Å². The molecule has 0 radical (unpaired) electrons. The normalized spacial score (nSPS) is 24.9. The Labute approximate surface area is 173 Å². The van der Waals surface area contributed by atoms with E-state index in [-0.39, 0.29) is 23.8 Å². The first-order chi connectivity index (χ1) is 14.1. The predicted octanol–water partition coefficient (Wildman–Crippen LogP) is 1.20. The first-order valence-electron chi connectivity index (χ1n) is 10.2. The van der Waals surface area contributed by atoms with E-state index in [0.717, 1.165) is 45.4 Å². The lowest BCUT2D eigenvalue weighted by Gasteiger charge is -2.39. The highest BCUT2D eigenvalue weighted by Crippen LogP contribution is 2.40. The van der Waals surface area contributed by atoms with Gasteiger partial charge in [-0.2, -0.15) is 13.2 Å². The Balaban J connectivity index is 0.000000396. The Kier molecular flexibility index (Phi) is 8.48. The van der Waals surface area contributed by atoms with E-state index < -0.39 is 12.1 Å². The third kappa shape index (κ3) is 6.31. The van der Waals surface area contributed by atoms with Gasteiger partial charge >= 0.3 is 12.1 Å². The highest BCUT2D eigenvalue weighted by molar-refractivity contribution is 5.86. The molecule has 0 aromatic heterocycles. The summed E-state index contributed by atoms with van der Waals surface area (Å²) in [5.74, 6) is -2.48. The second kappa shape index (κ2) is 10.4. The van der Waals surface area contributed by atoms with E-state index in [0.29, 0.717) is 6.54 Å². The lowest BCUT2D eigenvalue weighted by Crippen LogP contribution is -2.51. The molecule has 3 heterocycles. The second-order valence-corrected chi connectivity index (χ2v) is 8.03. The molecule has 0 saturated carbocycles. The molecule has 3 saturated heterocycles. The monoisotopic (exact) mass is 437 g/mol. The number of likely N-dealkylation sites (tertiary alicyclic amines) is 3. The van der Waals surface area contributed by atoms with Gasteiger partial charge in [0, 0.05) is 39.8 Å². The second-order valence-electron chi connectivity index (χ2n) is 8.03. The molecule has 0 bridgehead atoms. The Bertz CT molecular complexity index is 625. The van der Waals surface area contributed by atoms with Crippen molar-refractivity contribution >= 4 is 17.8 Å². The number of carbonyl (C=O) groups excluding carboxylic acids is 2. The van der Waals surface area contributed by atoms with E-state index >= 15 is 0 Å². The van der Waals surface area contributed by atoms with Crippen LogP contribution in [-0.2, 0) is 19.1 Å². The molecule has 8 nitrogen and oxygen atoms in total. The van der Waals surface area contributed by atoms with Crippen molar-refractivity contribution in [3.63, 3.8) is 0 Å². The SMILES string of the molecule is COCC(=O)N1CCCC2(CCN(CCN3CCCC3)C2=O)C1.O=C(O)C(F)(F)F. The maximum atomic E-state index is 13.0. The zero-order chi connectivity index (χ0) is 22.4. The van der Waals surface area contributed by atoms with E-state index in [2.05, 4.69) is 4.90 Å². The number of carboxylic acids is 1. The lowest BCUT2D eigenvalue weighted by molar-refractivity contribution is -0.192. The largest absolute Gasteiger partial charge is 0.490 e. The van der Waals surface area contributed by atoms with Gasteiger partial charge in [0.05, 0.1) is 5.41 Å². The average Bonchev–Trinajstić information content (AvgIpc) is 3.30. The Morgan fingerprint density at radius 2 is 1.70 bits per heavy atom. The first kappa shape index (κ1) is 24.4. The smallest absolute Gasteiger partial charge is 0.475 e. The van der Waals surface area contributed by atoms with Crippen LogP contribution in [0.15, 0.2) is 0 Å². The number of piperidine rings is 1. The minimum absolute atomic E-state index is 0.00916. The summed E-state index contributed by atoms with van der Waals surface area (Å²) < 4.78 is 36.7. The number of hydrogen-bond donors (Lipinski definition) is 1. The van der Waals surface area contributed by atoms with E-state index in [1.54, 1.807) is 7.11 Å². The number of amides is 2. The fraction of sp³-hybridized carbons (Fsp3) is 0.842. The zero-order valence-corrected chi connectivity index (χ0v) is 17.2. The molecule has 0 aliphatic carbocycles. The zero-order valence-electron chi connectivity index (χ0n) is 17.2. The topological polar surface area (TPSA) is 90.4 Å². The van der Waals surface area contributed by atoms with Crippen molar-refractivity contribution in [3.8, 4) is 0 Å². The molecule has 1 spiro atoms. The van der Waals surface area contributed by atoms with Crippen LogP contribution in [0.1, 0.15) is 32.1 Å². The van der Waals surface area contributed by atoms with Gasteiger partial charge in [0.1, 0.15) is 6.61 Å². The van der Waals surface area contributed by atoms with Crippen LogP contribution in [0, 0.1) is 5.41 Å². The highest BCUT2D eigenvalue weighted by atomic mass is 19.4. The third-order valence-corrected chi connectivity index (χ3v) is 5.93. The quantitative estimate of drug-likeness (QED) is 0.695. The summed E-state index contributed by atoms with van der Waals surface area (Å²) in [5, 5.41) is 7.12. The summed E-state index contributed by atoms with van der Waals surface area (Å²) in [5.41, 5.74) is -0.327. The number of rotatable bonds is 5. The van der Waals surface area contributed by atoms with Gasteiger partial charge in [-0.05, 0) is 45.2 Å². The third-order valence-electron chi connectivity index (χ3n) is 5.93. The van der Waals surface area contributed by atoms with Crippen molar-refractivity contribution < 1.29 is 37.4 Å². The number of nitrogens with zero attached hydrogens (tertiary/aromatic N) is 3. The highest BCUT2D eigenvalue weighted by Gasteiger charge is 2.49. The van der Waals surface area contributed by atoms with E-state index in [9.17, 15) is 22.8 Å². The molecule has 11 heteroatoms. The molecular formula is C19H30F3N3O5. The number of carboxylic acid groups (broad SMARTS) is 1. The molecule has 3 fully saturated rings. The maximum absolute atomic E-state index is 13.0. The number of aliphatic carboxylic acids is 1. The number of alkyl halides is 3. The predicted molar refractivity (Wildman–Crippen MR) is 101 cm³/mol. The summed E-state index contributed by atoms with van der Waals surface area (Å²) in [6.07, 6.45) is 0.218. The van der Waals surface area contributed by atoms with E-state index in [1.165, 1.54) is 25.9 Å². The molecule has 2 amide bonds. The van der Waals surface area contributed by atoms with Gasteiger partial charge in [-0.3, -0.25) is 9.59 Å². The summed E-state index contributed by atoms with van der Waals surface area (Å²) in [6.45, 7) is 6.47. The van der Waals surface area contributed by atoms with Gasteiger partial charge in [-0.15, -0.1) is 0 Å². The van der Waals surface area contributed by atoms with Crippen LogP contribution in [-0.4, -0.2) is 103 Å². The number of carbonyl (C=O) groups is 3. The summed E-state index contributed by atoms with van der Waals surface area (Å²) in [4.78, 5) is 40.3. The van der Waals surface area contributed by atoms with Crippen molar-refractivity contribution in [1.29, 1.82) is 0 Å². The van der Waals surface area contributed by atoms with Gasteiger partial charge in [-0.1, -0.05) is 0 Å². The molecule has 3 aliphatic rings. The molecule has 0 aromatic rings. The van der Waals surface area contributed by atoms with Crippen LogP contribution in [0.2, 0.25) is 0 Å². The number of hydrogen-bond acceptors (Lipinski definition) is 5. The number of halogens is 3. The molecule has 30 heavy (non-hydrogen) atoms. The van der Waals surface area contributed by atoms with Crippen molar-refractivity contribution in [1.82, 2.24) is 14.7 Å². The van der Waals surface area contributed by atoms with Crippen molar-refractivity contribution in [3.05, 3.63) is 0 Å². The molecule has 3 aliphatic heterocycles. The molecule has 3 rings (SSSR count). The fourth-order valence-electron chi connectivity index (χ4n) is 4.31. The van der Waals surface area contributed by atoms with Crippen LogP contribution in [0.5, 0.6) is 0 Å². The van der Waals surface area contributed by atoms with Crippen molar-refractivity contribution in [2.45, 2.75) is 38.3 Å². The van der Waals surface area contributed by atoms with Gasteiger partial charge < -0.3 is 24.5 Å². The van der Waals surface area contributed by atoms with Crippen LogP contribution in [0.4, 0.5) is 13.2 Å². The Morgan fingerprint density at radius 1 is 1.07 bits per heavy atom. The standard InChI is InChI=1S/C17H29N3O3.C2HF3O2/c1-23-13-15(21)20-9-4-5-17(14-20)6-10-19(16(17)22)12-11-18-7-2-3-8-18;3-2(4,5)1(6)7/h2-14H2,1H3;(H,6,7). The molecule has 1 N–H and O–H groups in total. The minimum atomic E-state index is -5.08. The summed E-state index contributed by atoms with van der Waals surface area (Å²) in [7, 11) is 1.54. The Morgan fingerprint density at radius 3 is 2.27 bits per heavy atom. The van der Waals surface area contributed by atoms with Gasteiger partial charge in [0.15, 0.2) is 0 Å². The maximum Gasteiger partial charge on any atom is 0.490 e. The lowest BCUT2D eigenvalue weighted by atomic mass is 9.78. The van der Waals surface area contributed by atoms with Crippen LogP contribution < -0.4 is 0 Å². The van der Waals surface area contributed by atoms with Gasteiger partial charge in [0.25, 0.3) is 0 Å².